The number of nitrogens with two attached hydrogens (primary N) is 1. The molecule has 0 fully saturated rings. The maximum Gasteiger partial charge on any atom is 0.0725 e. The van der Waals surface area contributed by atoms with Gasteiger partial charge in [-0.3, -0.25) is 19.9 Å². The Hall–Kier alpha value is -4.39. The van der Waals surface area contributed by atoms with Crippen LogP contribution >= 0.6 is 11.6 Å². The van der Waals surface area contributed by atoms with E-state index in [4.69, 9.17) is 17.3 Å². The fourth-order valence-corrected chi connectivity index (χ4v) is 4.07. The maximum absolute atomic E-state index is 5.97. The smallest absolute Gasteiger partial charge is 0.0725 e. The van der Waals surface area contributed by atoms with Crippen molar-refractivity contribution in [2.45, 2.75) is 26.9 Å². The van der Waals surface area contributed by atoms with Crippen LogP contribution in [0.25, 0.3) is 21.8 Å². The van der Waals surface area contributed by atoms with Gasteiger partial charge in [0.05, 0.1) is 16.1 Å². The molecule has 0 amide bonds. The Morgan fingerprint density at radius 1 is 0.692 bits per heavy atom. The minimum atomic E-state index is 0.577. The Kier molecular flexibility index (Phi) is 9.89. The topological polar surface area (TPSA) is 89.6 Å². The van der Waals surface area contributed by atoms with Crippen LogP contribution < -0.4 is 11.1 Å². The van der Waals surface area contributed by atoms with Gasteiger partial charge in [0, 0.05) is 66.7 Å². The predicted octanol–water partition coefficient (Wildman–Crippen LogP) is 7.29. The minimum Gasteiger partial charge on any atom is -0.380 e. The average molecular weight is 535 g/mol. The molecule has 0 bridgehead atoms. The van der Waals surface area contributed by atoms with Crippen molar-refractivity contribution in [1.82, 2.24) is 19.9 Å². The quantitative estimate of drug-likeness (QED) is 0.247. The van der Waals surface area contributed by atoms with E-state index in [2.05, 4.69) is 56.4 Å². The van der Waals surface area contributed by atoms with E-state index in [-0.39, 0.29) is 0 Å². The monoisotopic (exact) mass is 534 g/mol. The van der Waals surface area contributed by atoms with Crippen LogP contribution in [0, 0.1) is 13.8 Å². The first kappa shape index (κ1) is 27.6. The van der Waals surface area contributed by atoms with Crippen molar-refractivity contribution in [2.24, 2.45) is 5.73 Å². The van der Waals surface area contributed by atoms with Crippen molar-refractivity contribution < 1.29 is 0 Å². The molecule has 0 radical (unpaired) electrons. The fourth-order valence-electron chi connectivity index (χ4n) is 3.85. The highest BCUT2D eigenvalue weighted by atomic mass is 35.5. The lowest BCUT2D eigenvalue weighted by Crippen LogP contribution is -2.00. The van der Waals surface area contributed by atoms with E-state index in [1.807, 2.05) is 61.8 Å². The molecule has 39 heavy (non-hydrogen) atoms. The van der Waals surface area contributed by atoms with Crippen LogP contribution in [0.3, 0.4) is 0 Å². The molecule has 0 aliphatic rings. The SMILES string of the molecule is Cc1ccc2c(Cl)ccnc2c1.Cc1ccc2c(NCc3cccnc3)ccnc2c1.NCc1cccnc1. The summed E-state index contributed by atoms with van der Waals surface area (Å²) in [5, 5.41) is 6.38. The van der Waals surface area contributed by atoms with Crippen LogP contribution in [0.5, 0.6) is 0 Å². The molecule has 0 saturated carbocycles. The summed E-state index contributed by atoms with van der Waals surface area (Å²) in [5.41, 5.74) is 13.1. The molecule has 4 heterocycles. The van der Waals surface area contributed by atoms with Crippen LogP contribution in [0.4, 0.5) is 5.69 Å². The molecule has 196 valence electrons. The number of aromatic nitrogens is 4. The molecule has 6 aromatic rings. The van der Waals surface area contributed by atoms with Crippen molar-refractivity contribution >= 4 is 39.1 Å². The van der Waals surface area contributed by atoms with Gasteiger partial charge in [-0.25, -0.2) is 0 Å². The van der Waals surface area contributed by atoms with E-state index >= 15 is 0 Å². The number of nitrogens with zero attached hydrogens (tertiary/aromatic N) is 4. The number of nitrogens with one attached hydrogen (secondary N) is 1. The van der Waals surface area contributed by atoms with Gasteiger partial charge < -0.3 is 11.1 Å². The maximum atomic E-state index is 5.97. The molecule has 0 unspecified atom stereocenters. The standard InChI is InChI=1S/C16H15N3.C10H8ClN.C6H8N2/c1-12-4-5-14-15(6-8-18-16(14)9-12)19-11-13-3-2-7-17-10-13;1-7-2-3-8-9(11)4-5-12-10(8)6-7;7-4-6-2-1-3-8-5-6/h2-10H,11H2,1H3,(H,18,19);2-6H,1H3;1-3,5H,4,7H2. The van der Waals surface area contributed by atoms with Gasteiger partial charge in [-0.15, -0.1) is 0 Å². The Bertz CT molecular complexity index is 1620. The predicted molar refractivity (Wildman–Crippen MR) is 162 cm³/mol. The summed E-state index contributed by atoms with van der Waals surface area (Å²) in [6.45, 7) is 5.47. The Morgan fingerprint density at radius 2 is 1.28 bits per heavy atom. The van der Waals surface area contributed by atoms with Crippen LogP contribution in [-0.2, 0) is 13.1 Å². The Balaban J connectivity index is 0.000000150. The largest absolute Gasteiger partial charge is 0.380 e. The number of rotatable bonds is 4. The lowest BCUT2D eigenvalue weighted by atomic mass is 10.1. The normalized spacial score (nSPS) is 10.3. The molecule has 0 saturated heterocycles. The van der Waals surface area contributed by atoms with Gasteiger partial charge in [0.2, 0.25) is 0 Å². The van der Waals surface area contributed by atoms with Crippen molar-refractivity contribution in [3.8, 4) is 0 Å². The highest BCUT2D eigenvalue weighted by Crippen LogP contribution is 2.23. The molecule has 3 N–H and O–H groups in total. The zero-order chi connectivity index (χ0) is 27.5. The van der Waals surface area contributed by atoms with Gasteiger partial charge in [0.1, 0.15) is 0 Å². The summed E-state index contributed by atoms with van der Waals surface area (Å²) in [6, 6.07) is 24.0. The Labute approximate surface area is 234 Å². The lowest BCUT2D eigenvalue weighted by molar-refractivity contribution is 1.05. The molecule has 0 atom stereocenters. The first-order valence-electron chi connectivity index (χ1n) is 12.6. The van der Waals surface area contributed by atoms with Crippen LogP contribution in [-0.4, -0.2) is 19.9 Å². The van der Waals surface area contributed by atoms with Crippen molar-refractivity contribution in [2.75, 3.05) is 5.32 Å². The second-order valence-electron chi connectivity index (χ2n) is 8.97. The average Bonchev–Trinajstić information content (AvgIpc) is 2.97. The first-order valence-corrected chi connectivity index (χ1v) is 13.0. The molecule has 0 spiro atoms. The minimum absolute atomic E-state index is 0.577. The highest BCUT2D eigenvalue weighted by molar-refractivity contribution is 6.35. The fraction of sp³-hybridized carbons (Fsp3) is 0.125. The van der Waals surface area contributed by atoms with Crippen LogP contribution in [0.15, 0.2) is 110 Å². The third kappa shape index (κ3) is 8.04. The molecule has 4 aromatic heterocycles. The summed E-state index contributed by atoms with van der Waals surface area (Å²) < 4.78 is 0. The van der Waals surface area contributed by atoms with Gasteiger partial charge in [0.15, 0.2) is 0 Å². The van der Waals surface area contributed by atoms with Gasteiger partial charge in [-0.2, -0.15) is 0 Å². The van der Waals surface area contributed by atoms with Crippen molar-refractivity contribution in [3.05, 3.63) is 137 Å². The lowest BCUT2D eigenvalue weighted by Gasteiger charge is -2.09. The molecule has 6 rings (SSSR count). The van der Waals surface area contributed by atoms with E-state index in [1.54, 1.807) is 30.9 Å². The number of pyridine rings is 4. The molecular formula is C32H31ClN6. The van der Waals surface area contributed by atoms with E-state index in [0.717, 1.165) is 44.6 Å². The molecule has 6 nitrogen and oxygen atoms in total. The third-order valence-electron chi connectivity index (χ3n) is 5.91. The van der Waals surface area contributed by atoms with E-state index < -0.39 is 0 Å². The Morgan fingerprint density at radius 3 is 1.87 bits per heavy atom. The van der Waals surface area contributed by atoms with Crippen LogP contribution in [0.2, 0.25) is 5.02 Å². The second-order valence-corrected chi connectivity index (χ2v) is 9.38. The number of hydrogen-bond acceptors (Lipinski definition) is 6. The third-order valence-corrected chi connectivity index (χ3v) is 6.24. The summed E-state index contributed by atoms with van der Waals surface area (Å²) >= 11 is 5.97. The molecule has 0 aliphatic heterocycles. The first-order chi connectivity index (χ1) is 19.0. The highest BCUT2D eigenvalue weighted by Gasteiger charge is 2.02. The molecule has 0 aliphatic carbocycles. The second kappa shape index (κ2) is 14.0. The number of anilines is 1. The van der Waals surface area contributed by atoms with Gasteiger partial charge >= 0.3 is 0 Å². The molecule has 7 heteroatoms. The van der Waals surface area contributed by atoms with E-state index in [1.165, 1.54) is 16.7 Å². The van der Waals surface area contributed by atoms with Crippen molar-refractivity contribution in [3.63, 3.8) is 0 Å². The number of benzene rings is 2. The number of aryl methyl sites for hydroxylation is 2. The van der Waals surface area contributed by atoms with E-state index in [0.29, 0.717) is 6.54 Å². The van der Waals surface area contributed by atoms with Crippen LogP contribution in [0.1, 0.15) is 22.3 Å². The molecule has 2 aromatic carbocycles. The van der Waals surface area contributed by atoms with Gasteiger partial charge in [-0.1, -0.05) is 48.0 Å². The molecular weight excluding hydrogens is 504 g/mol. The summed E-state index contributed by atoms with van der Waals surface area (Å²) in [7, 11) is 0. The van der Waals surface area contributed by atoms with E-state index in [9.17, 15) is 0 Å². The summed E-state index contributed by atoms with van der Waals surface area (Å²) in [6.07, 6.45) is 10.7. The summed E-state index contributed by atoms with van der Waals surface area (Å²) in [5.74, 6) is 0. The number of fused-ring (bicyclic) bond motifs is 2. The van der Waals surface area contributed by atoms with Gasteiger partial charge in [-0.05, 0) is 72.5 Å². The summed E-state index contributed by atoms with van der Waals surface area (Å²) in [4.78, 5) is 16.6. The van der Waals surface area contributed by atoms with Crippen molar-refractivity contribution in [1.29, 1.82) is 0 Å². The number of hydrogen-bond donors (Lipinski definition) is 2. The zero-order valence-electron chi connectivity index (χ0n) is 22.1. The van der Waals surface area contributed by atoms with Gasteiger partial charge in [0.25, 0.3) is 0 Å². The number of halogens is 1. The zero-order valence-corrected chi connectivity index (χ0v) is 22.8.